The van der Waals surface area contributed by atoms with E-state index in [2.05, 4.69) is 11.4 Å². The molecule has 1 atom stereocenters. The van der Waals surface area contributed by atoms with Crippen LogP contribution < -0.4 is 14.8 Å². The van der Waals surface area contributed by atoms with Crippen LogP contribution in [0.15, 0.2) is 54.6 Å². The lowest BCUT2D eigenvalue weighted by molar-refractivity contribution is -0.131. The van der Waals surface area contributed by atoms with E-state index in [1.807, 2.05) is 74.4 Å². The van der Waals surface area contributed by atoms with Gasteiger partial charge in [-0.1, -0.05) is 36.4 Å². The van der Waals surface area contributed by atoms with Crippen molar-refractivity contribution in [2.45, 2.75) is 19.0 Å². The van der Waals surface area contributed by atoms with Crippen molar-refractivity contribution in [1.82, 2.24) is 10.2 Å². The standard InChI is InChI=1S/C25H27N3O3/c1-25(28(2)3,19-10-8-11-20(14-19)30-4)24(29)27-16-22-21-12-7-6-9-17(21)13-18(15-26)23(22)31-5/h6-14H,16H2,1-5H3,(H,27,29). The number of hydrogen-bond donors (Lipinski definition) is 1. The fourth-order valence-electron chi connectivity index (χ4n) is 3.75. The molecule has 1 amide bonds. The largest absolute Gasteiger partial charge is 0.497 e. The number of benzene rings is 3. The summed E-state index contributed by atoms with van der Waals surface area (Å²) in [4.78, 5) is 15.3. The lowest BCUT2D eigenvalue weighted by Crippen LogP contribution is -2.51. The number of methoxy groups -OCH3 is 2. The number of likely N-dealkylation sites (N-methyl/N-ethyl adjacent to an activating group) is 1. The molecule has 3 aromatic carbocycles. The molecule has 6 heteroatoms. The van der Waals surface area contributed by atoms with E-state index in [9.17, 15) is 10.1 Å². The number of carbonyl (C=O) groups excluding carboxylic acids is 1. The van der Waals surface area contributed by atoms with Crippen molar-refractivity contribution < 1.29 is 14.3 Å². The summed E-state index contributed by atoms with van der Waals surface area (Å²) in [6.45, 7) is 2.10. The van der Waals surface area contributed by atoms with E-state index in [0.29, 0.717) is 17.1 Å². The van der Waals surface area contributed by atoms with E-state index in [4.69, 9.17) is 9.47 Å². The number of ether oxygens (including phenoxy) is 2. The number of hydrogen-bond acceptors (Lipinski definition) is 5. The molecule has 0 bridgehead atoms. The first-order valence-electron chi connectivity index (χ1n) is 9.95. The van der Waals surface area contributed by atoms with Crippen LogP contribution in [-0.2, 0) is 16.9 Å². The van der Waals surface area contributed by atoms with Crippen LogP contribution in [0.2, 0.25) is 0 Å². The van der Waals surface area contributed by atoms with Gasteiger partial charge in [0.05, 0.1) is 19.8 Å². The minimum absolute atomic E-state index is 0.167. The van der Waals surface area contributed by atoms with Crippen molar-refractivity contribution in [3.63, 3.8) is 0 Å². The molecule has 0 aliphatic heterocycles. The van der Waals surface area contributed by atoms with E-state index in [0.717, 1.165) is 21.9 Å². The van der Waals surface area contributed by atoms with Gasteiger partial charge in [0.2, 0.25) is 5.91 Å². The number of fused-ring (bicyclic) bond motifs is 1. The van der Waals surface area contributed by atoms with Crippen LogP contribution in [0.25, 0.3) is 10.8 Å². The Morgan fingerprint density at radius 1 is 1.10 bits per heavy atom. The minimum Gasteiger partial charge on any atom is -0.497 e. The SMILES string of the molecule is COc1cccc(C(C)(C(=O)NCc2c(OC)c(C#N)cc3ccccc23)N(C)C)c1. The number of amides is 1. The smallest absolute Gasteiger partial charge is 0.245 e. The number of nitrogens with one attached hydrogen (secondary N) is 1. The summed E-state index contributed by atoms with van der Waals surface area (Å²) in [7, 11) is 6.87. The Morgan fingerprint density at radius 2 is 1.84 bits per heavy atom. The topological polar surface area (TPSA) is 74.6 Å². The Morgan fingerprint density at radius 3 is 2.48 bits per heavy atom. The highest BCUT2D eigenvalue weighted by Gasteiger charge is 2.38. The van der Waals surface area contributed by atoms with E-state index < -0.39 is 5.54 Å². The highest BCUT2D eigenvalue weighted by molar-refractivity contribution is 5.91. The summed E-state index contributed by atoms with van der Waals surface area (Å²) < 4.78 is 10.9. The Bertz CT molecular complexity index is 1150. The maximum Gasteiger partial charge on any atom is 0.245 e. The van der Waals surface area contributed by atoms with Gasteiger partial charge < -0.3 is 14.8 Å². The number of rotatable bonds is 7. The van der Waals surface area contributed by atoms with Crippen LogP contribution in [0.5, 0.6) is 11.5 Å². The molecule has 0 aliphatic rings. The summed E-state index contributed by atoms with van der Waals surface area (Å²) >= 11 is 0. The van der Waals surface area contributed by atoms with Crippen LogP contribution in [-0.4, -0.2) is 39.1 Å². The van der Waals surface area contributed by atoms with Gasteiger partial charge in [0.15, 0.2) is 0 Å². The summed E-state index contributed by atoms with van der Waals surface area (Å²) in [5, 5.41) is 14.5. The first-order valence-corrected chi connectivity index (χ1v) is 9.95. The van der Waals surface area contributed by atoms with Gasteiger partial charge in [-0.05, 0) is 55.6 Å². The molecule has 3 aromatic rings. The Labute approximate surface area is 183 Å². The van der Waals surface area contributed by atoms with Crippen LogP contribution in [0.1, 0.15) is 23.6 Å². The molecule has 0 aliphatic carbocycles. The van der Waals surface area contributed by atoms with E-state index in [-0.39, 0.29) is 12.5 Å². The van der Waals surface area contributed by atoms with E-state index >= 15 is 0 Å². The number of nitrogens with zero attached hydrogens (tertiary/aromatic N) is 2. The van der Waals surface area contributed by atoms with Gasteiger partial charge in [0, 0.05) is 12.1 Å². The summed E-state index contributed by atoms with van der Waals surface area (Å²) in [6.07, 6.45) is 0. The number of carbonyl (C=O) groups is 1. The third-order valence-electron chi connectivity index (χ3n) is 5.82. The Balaban J connectivity index is 2.00. The molecule has 0 fully saturated rings. The third kappa shape index (κ3) is 4.05. The molecular weight excluding hydrogens is 390 g/mol. The van der Waals surface area contributed by atoms with Gasteiger partial charge in [-0.25, -0.2) is 0 Å². The highest BCUT2D eigenvalue weighted by atomic mass is 16.5. The molecule has 0 aromatic heterocycles. The zero-order chi connectivity index (χ0) is 22.6. The fourth-order valence-corrected chi connectivity index (χ4v) is 3.75. The van der Waals surface area contributed by atoms with Crippen LogP contribution >= 0.6 is 0 Å². The zero-order valence-electron chi connectivity index (χ0n) is 18.5. The Hall–Kier alpha value is -3.56. The molecule has 0 saturated carbocycles. The quantitative estimate of drug-likeness (QED) is 0.633. The monoisotopic (exact) mass is 417 g/mol. The molecule has 160 valence electrons. The van der Waals surface area contributed by atoms with Crippen molar-refractivity contribution in [2.75, 3.05) is 28.3 Å². The lowest BCUT2D eigenvalue weighted by atomic mass is 9.89. The van der Waals surface area contributed by atoms with Crippen LogP contribution in [0.3, 0.4) is 0 Å². The van der Waals surface area contributed by atoms with Gasteiger partial charge in [-0.3, -0.25) is 9.69 Å². The summed E-state index contributed by atoms with van der Waals surface area (Å²) in [6, 6.07) is 19.3. The van der Waals surface area contributed by atoms with Crippen molar-refractivity contribution in [3.05, 3.63) is 71.3 Å². The maximum atomic E-state index is 13.5. The van der Waals surface area contributed by atoms with Crippen molar-refractivity contribution in [2.24, 2.45) is 0 Å². The molecule has 0 spiro atoms. The highest BCUT2D eigenvalue weighted by Crippen LogP contribution is 2.33. The van der Waals surface area contributed by atoms with Gasteiger partial charge in [0.25, 0.3) is 0 Å². The minimum atomic E-state index is -0.926. The van der Waals surface area contributed by atoms with Crippen molar-refractivity contribution >= 4 is 16.7 Å². The normalized spacial score (nSPS) is 12.8. The van der Waals surface area contributed by atoms with Gasteiger partial charge in [-0.2, -0.15) is 5.26 Å². The molecule has 1 unspecified atom stereocenters. The molecule has 0 radical (unpaired) electrons. The molecule has 1 N–H and O–H groups in total. The third-order valence-corrected chi connectivity index (χ3v) is 5.82. The molecular formula is C25H27N3O3. The Kier molecular flexibility index (Phi) is 6.47. The zero-order valence-corrected chi connectivity index (χ0v) is 18.5. The van der Waals surface area contributed by atoms with E-state index in [1.54, 1.807) is 13.2 Å². The summed E-state index contributed by atoms with van der Waals surface area (Å²) in [5.74, 6) is 1.00. The first kappa shape index (κ1) is 22.1. The molecule has 31 heavy (non-hydrogen) atoms. The van der Waals surface area contributed by atoms with E-state index in [1.165, 1.54) is 7.11 Å². The van der Waals surface area contributed by atoms with Crippen LogP contribution in [0, 0.1) is 11.3 Å². The second-order valence-corrected chi connectivity index (χ2v) is 7.65. The van der Waals surface area contributed by atoms with Crippen LogP contribution in [0.4, 0.5) is 0 Å². The second kappa shape index (κ2) is 9.07. The lowest BCUT2D eigenvalue weighted by Gasteiger charge is -2.35. The average molecular weight is 418 g/mol. The molecule has 0 saturated heterocycles. The second-order valence-electron chi connectivity index (χ2n) is 7.65. The molecule has 6 nitrogen and oxygen atoms in total. The van der Waals surface area contributed by atoms with Gasteiger partial charge >= 0.3 is 0 Å². The molecule has 0 heterocycles. The predicted molar refractivity (Wildman–Crippen MR) is 121 cm³/mol. The van der Waals surface area contributed by atoms with Gasteiger partial charge in [0.1, 0.15) is 23.1 Å². The predicted octanol–water partition coefficient (Wildman–Crippen LogP) is 3.82. The van der Waals surface area contributed by atoms with Crippen molar-refractivity contribution in [1.29, 1.82) is 5.26 Å². The average Bonchev–Trinajstić information content (AvgIpc) is 2.80. The maximum absolute atomic E-state index is 13.5. The first-order chi connectivity index (χ1) is 14.9. The summed E-state index contributed by atoms with van der Waals surface area (Å²) in [5.41, 5.74) is 1.10. The van der Waals surface area contributed by atoms with Gasteiger partial charge in [-0.15, -0.1) is 0 Å². The van der Waals surface area contributed by atoms with Crippen molar-refractivity contribution in [3.8, 4) is 17.6 Å². The fraction of sp³-hybridized carbons (Fsp3) is 0.280. The molecule has 3 rings (SSSR count). The number of nitriles is 1.